The van der Waals surface area contributed by atoms with E-state index in [1.54, 1.807) is 0 Å². The highest BCUT2D eigenvalue weighted by molar-refractivity contribution is 5.09. The Morgan fingerprint density at radius 3 is 2.43 bits per heavy atom. The summed E-state index contributed by atoms with van der Waals surface area (Å²) >= 11 is 0. The highest BCUT2D eigenvalue weighted by Gasteiger charge is 2.19. The van der Waals surface area contributed by atoms with Crippen molar-refractivity contribution in [3.05, 3.63) is 18.0 Å². The topological polar surface area (TPSA) is 43.8 Å². The van der Waals surface area contributed by atoms with Crippen molar-refractivity contribution in [2.24, 2.45) is 18.7 Å². The molecular formula is C11H21N3. The number of rotatable bonds is 4. The van der Waals surface area contributed by atoms with Crippen LogP contribution in [-0.2, 0) is 7.05 Å². The number of hydrogen-bond donors (Lipinski definition) is 1. The first-order chi connectivity index (χ1) is 6.52. The molecule has 1 rings (SSSR count). The predicted molar refractivity (Wildman–Crippen MR) is 59.1 cm³/mol. The minimum absolute atomic E-state index is 0.247. The zero-order valence-electron chi connectivity index (χ0n) is 9.57. The van der Waals surface area contributed by atoms with Gasteiger partial charge >= 0.3 is 0 Å². The van der Waals surface area contributed by atoms with Crippen molar-refractivity contribution < 1.29 is 0 Å². The molecule has 1 aromatic rings. The van der Waals surface area contributed by atoms with Gasteiger partial charge in [-0.3, -0.25) is 4.68 Å². The second-order valence-electron chi connectivity index (χ2n) is 4.44. The van der Waals surface area contributed by atoms with E-state index in [-0.39, 0.29) is 6.04 Å². The van der Waals surface area contributed by atoms with Crippen molar-refractivity contribution >= 4 is 0 Å². The van der Waals surface area contributed by atoms with Crippen LogP contribution in [0.2, 0.25) is 0 Å². The van der Waals surface area contributed by atoms with Crippen LogP contribution in [0.5, 0.6) is 0 Å². The smallest absolute Gasteiger partial charge is 0.0492 e. The molecule has 2 atom stereocenters. The third kappa shape index (κ3) is 2.58. The van der Waals surface area contributed by atoms with E-state index in [9.17, 15) is 0 Å². The highest BCUT2D eigenvalue weighted by Crippen LogP contribution is 2.27. The van der Waals surface area contributed by atoms with Crippen LogP contribution >= 0.6 is 0 Å². The van der Waals surface area contributed by atoms with Crippen molar-refractivity contribution in [3.8, 4) is 0 Å². The number of hydrogen-bond acceptors (Lipinski definition) is 2. The Balaban J connectivity index is 2.83. The predicted octanol–water partition coefficient (Wildman–Crippen LogP) is 1.90. The summed E-state index contributed by atoms with van der Waals surface area (Å²) in [7, 11) is 1.99. The lowest BCUT2D eigenvalue weighted by atomic mass is 9.87. The zero-order chi connectivity index (χ0) is 10.7. The quantitative estimate of drug-likeness (QED) is 0.797. The molecule has 0 saturated carbocycles. The Kier molecular flexibility index (Phi) is 3.69. The number of aryl methyl sites for hydroxylation is 1. The van der Waals surface area contributed by atoms with E-state index in [1.165, 1.54) is 5.69 Å². The van der Waals surface area contributed by atoms with E-state index < -0.39 is 0 Å². The SMILES string of the molecule is CC(N)CC(c1ccnn1C)C(C)C. The van der Waals surface area contributed by atoms with Crippen LogP contribution in [0.4, 0.5) is 0 Å². The number of nitrogens with two attached hydrogens (primary N) is 1. The Labute approximate surface area is 86.3 Å². The average molecular weight is 195 g/mol. The maximum absolute atomic E-state index is 5.86. The van der Waals surface area contributed by atoms with Gasteiger partial charge < -0.3 is 5.73 Å². The lowest BCUT2D eigenvalue weighted by molar-refractivity contribution is 0.415. The van der Waals surface area contributed by atoms with Gasteiger partial charge in [-0.1, -0.05) is 13.8 Å². The summed E-state index contributed by atoms with van der Waals surface area (Å²) < 4.78 is 1.95. The minimum atomic E-state index is 0.247. The van der Waals surface area contributed by atoms with E-state index in [2.05, 4.69) is 31.9 Å². The molecule has 0 spiro atoms. The van der Waals surface area contributed by atoms with Gasteiger partial charge in [0.05, 0.1) is 0 Å². The second kappa shape index (κ2) is 4.60. The van der Waals surface area contributed by atoms with Crippen molar-refractivity contribution in [1.82, 2.24) is 9.78 Å². The van der Waals surface area contributed by atoms with Gasteiger partial charge in [0, 0.05) is 30.9 Å². The Hall–Kier alpha value is -0.830. The minimum Gasteiger partial charge on any atom is -0.328 e. The molecule has 0 fully saturated rings. The summed E-state index contributed by atoms with van der Waals surface area (Å²) in [6.07, 6.45) is 2.88. The monoisotopic (exact) mass is 195 g/mol. The van der Waals surface area contributed by atoms with E-state index >= 15 is 0 Å². The fourth-order valence-corrected chi connectivity index (χ4v) is 1.88. The molecule has 1 heterocycles. The molecule has 3 nitrogen and oxygen atoms in total. The van der Waals surface area contributed by atoms with Gasteiger partial charge in [-0.05, 0) is 25.3 Å². The number of aromatic nitrogens is 2. The van der Waals surface area contributed by atoms with Crippen LogP contribution in [0.1, 0.15) is 38.8 Å². The lowest BCUT2D eigenvalue weighted by Gasteiger charge is -2.22. The van der Waals surface area contributed by atoms with Crippen LogP contribution in [0.15, 0.2) is 12.3 Å². The summed E-state index contributed by atoms with van der Waals surface area (Å²) in [5.41, 5.74) is 7.15. The van der Waals surface area contributed by atoms with E-state index in [4.69, 9.17) is 5.73 Å². The molecule has 0 aliphatic carbocycles. The lowest BCUT2D eigenvalue weighted by Crippen LogP contribution is -2.22. The van der Waals surface area contributed by atoms with Crippen LogP contribution < -0.4 is 5.73 Å². The third-order valence-electron chi connectivity index (χ3n) is 2.67. The summed E-state index contributed by atoms with van der Waals surface area (Å²) in [6, 6.07) is 2.34. The summed E-state index contributed by atoms with van der Waals surface area (Å²) in [5, 5.41) is 4.20. The molecule has 2 N–H and O–H groups in total. The summed E-state index contributed by atoms with van der Waals surface area (Å²) in [6.45, 7) is 6.53. The van der Waals surface area contributed by atoms with Crippen molar-refractivity contribution in [2.75, 3.05) is 0 Å². The fraction of sp³-hybridized carbons (Fsp3) is 0.727. The summed E-state index contributed by atoms with van der Waals surface area (Å²) in [4.78, 5) is 0. The van der Waals surface area contributed by atoms with Gasteiger partial charge in [-0.25, -0.2) is 0 Å². The van der Waals surface area contributed by atoms with Crippen LogP contribution in [-0.4, -0.2) is 15.8 Å². The molecule has 0 saturated heterocycles. The summed E-state index contributed by atoms with van der Waals surface area (Å²) in [5.74, 6) is 1.12. The molecule has 0 radical (unpaired) electrons. The van der Waals surface area contributed by atoms with Crippen LogP contribution in [0.3, 0.4) is 0 Å². The Morgan fingerprint density at radius 1 is 1.43 bits per heavy atom. The van der Waals surface area contributed by atoms with Gasteiger partial charge in [0.25, 0.3) is 0 Å². The Bertz CT molecular complexity index is 276. The first-order valence-corrected chi connectivity index (χ1v) is 5.25. The standard InChI is InChI=1S/C11H21N3/c1-8(2)10(7-9(3)12)11-5-6-13-14(11)4/h5-6,8-10H,7,12H2,1-4H3. The van der Waals surface area contributed by atoms with Crippen molar-refractivity contribution in [2.45, 2.75) is 39.2 Å². The normalized spacial score (nSPS) is 15.9. The number of nitrogens with zero attached hydrogens (tertiary/aromatic N) is 2. The van der Waals surface area contributed by atoms with Crippen LogP contribution in [0.25, 0.3) is 0 Å². The van der Waals surface area contributed by atoms with Crippen molar-refractivity contribution in [1.29, 1.82) is 0 Å². The Morgan fingerprint density at radius 2 is 2.07 bits per heavy atom. The average Bonchev–Trinajstić information content (AvgIpc) is 2.46. The molecule has 0 aliphatic rings. The van der Waals surface area contributed by atoms with Gasteiger partial charge in [0.1, 0.15) is 0 Å². The maximum Gasteiger partial charge on any atom is 0.0492 e. The van der Waals surface area contributed by atoms with Gasteiger partial charge in [0.15, 0.2) is 0 Å². The van der Waals surface area contributed by atoms with Crippen molar-refractivity contribution in [3.63, 3.8) is 0 Å². The molecule has 2 unspecified atom stereocenters. The third-order valence-corrected chi connectivity index (χ3v) is 2.67. The molecule has 0 aliphatic heterocycles. The zero-order valence-corrected chi connectivity index (χ0v) is 9.57. The first-order valence-electron chi connectivity index (χ1n) is 5.25. The van der Waals surface area contributed by atoms with Gasteiger partial charge in [-0.15, -0.1) is 0 Å². The molecule has 0 amide bonds. The molecule has 14 heavy (non-hydrogen) atoms. The van der Waals surface area contributed by atoms with Gasteiger partial charge in [-0.2, -0.15) is 5.10 Å². The molecule has 80 valence electrons. The molecule has 1 aromatic heterocycles. The molecule has 3 heteroatoms. The molecule has 0 bridgehead atoms. The van der Waals surface area contributed by atoms with Gasteiger partial charge in [0.2, 0.25) is 0 Å². The highest BCUT2D eigenvalue weighted by atomic mass is 15.3. The van der Waals surface area contributed by atoms with E-state index in [1.807, 2.05) is 17.9 Å². The van der Waals surface area contributed by atoms with E-state index in [0.717, 1.165) is 6.42 Å². The van der Waals surface area contributed by atoms with Crippen LogP contribution in [0, 0.1) is 5.92 Å². The first kappa shape index (κ1) is 11.2. The molecule has 0 aromatic carbocycles. The fourth-order valence-electron chi connectivity index (χ4n) is 1.88. The maximum atomic E-state index is 5.86. The van der Waals surface area contributed by atoms with E-state index in [0.29, 0.717) is 11.8 Å². The molecular weight excluding hydrogens is 174 g/mol. The largest absolute Gasteiger partial charge is 0.328 e. The second-order valence-corrected chi connectivity index (χ2v) is 4.44.